The Morgan fingerprint density at radius 3 is 2.62 bits per heavy atom. The highest BCUT2D eigenvalue weighted by molar-refractivity contribution is 5.75. The van der Waals surface area contributed by atoms with Crippen molar-refractivity contribution in [2.24, 2.45) is 11.7 Å². The van der Waals surface area contributed by atoms with Gasteiger partial charge < -0.3 is 16.2 Å². The molecule has 1 unspecified atom stereocenters. The SMILES string of the molecule is CC(CN)CCC(=O)NCCCCCCO. The van der Waals surface area contributed by atoms with E-state index in [2.05, 4.69) is 12.2 Å². The Morgan fingerprint density at radius 1 is 1.31 bits per heavy atom. The van der Waals surface area contributed by atoms with E-state index in [4.69, 9.17) is 10.8 Å². The number of hydrogen-bond donors (Lipinski definition) is 3. The van der Waals surface area contributed by atoms with E-state index in [1.54, 1.807) is 0 Å². The minimum Gasteiger partial charge on any atom is -0.396 e. The summed E-state index contributed by atoms with van der Waals surface area (Å²) in [6.45, 7) is 3.72. The molecule has 0 bridgehead atoms. The molecule has 0 radical (unpaired) electrons. The minimum absolute atomic E-state index is 0.127. The predicted octanol–water partition coefficient (Wildman–Crippen LogP) is 1.03. The van der Waals surface area contributed by atoms with Gasteiger partial charge in [-0.05, 0) is 31.7 Å². The van der Waals surface area contributed by atoms with Gasteiger partial charge in [-0.25, -0.2) is 0 Å². The Labute approximate surface area is 98.6 Å². The Morgan fingerprint density at radius 2 is 2.00 bits per heavy atom. The molecule has 0 aromatic rings. The molecule has 4 nitrogen and oxygen atoms in total. The van der Waals surface area contributed by atoms with Crippen molar-refractivity contribution in [3.63, 3.8) is 0 Å². The van der Waals surface area contributed by atoms with E-state index in [9.17, 15) is 4.79 Å². The summed E-state index contributed by atoms with van der Waals surface area (Å²) in [5.74, 6) is 0.553. The Kier molecular flexibility index (Phi) is 10.5. The van der Waals surface area contributed by atoms with Crippen LogP contribution < -0.4 is 11.1 Å². The highest BCUT2D eigenvalue weighted by atomic mass is 16.2. The largest absolute Gasteiger partial charge is 0.396 e. The maximum absolute atomic E-state index is 11.4. The van der Waals surface area contributed by atoms with E-state index in [1.165, 1.54) is 0 Å². The molecule has 0 aliphatic carbocycles. The molecule has 16 heavy (non-hydrogen) atoms. The average Bonchev–Trinajstić information content (AvgIpc) is 2.30. The molecule has 0 aliphatic heterocycles. The molecule has 4 N–H and O–H groups in total. The highest BCUT2D eigenvalue weighted by Crippen LogP contribution is 2.03. The first-order valence-corrected chi connectivity index (χ1v) is 6.28. The number of nitrogens with two attached hydrogens (primary N) is 1. The second-order valence-electron chi connectivity index (χ2n) is 4.37. The van der Waals surface area contributed by atoms with Crippen LogP contribution in [-0.4, -0.2) is 30.7 Å². The van der Waals surface area contributed by atoms with Gasteiger partial charge in [0.15, 0.2) is 0 Å². The Balaban J connectivity index is 3.24. The summed E-state index contributed by atoms with van der Waals surface area (Å²) in [5.41, 5.74) is 5.47. The van der Waals surface area contributed by atoms with Crippen LogP contribution in [0.5, 0.6) is 0 Å². The van der Waals surface area contributed by atoms with Gasteiger partial charge >= 0.3 is 0 Å². The number of nitrogens with one attached hydrogen (secondary N) is 1. The third-order valence-electron chi connectivity index (χ3n) is 2.67. The molecule has 96 valence electrons. The molecule has 0 aromatic carbocycles. The first-order chi connectivity index (χ1) is 7.70. The first kappa shape index (κ1) is 15.4. The van der Waals surface area contributed by atoms with Gasteiger partial charge in [0, 0.05) is 19.6 Å². The molecule has 0 saturated heterocycles. The molecular formula is C12H26N2O2. The van der Waals surface area contributed by atoms with Crippen LogP contribution in [0.2, 0.25) is 0 Å². The molecule has 0 aliphatic rings. The predicted molar refractivity (Wildman–Crippen MR) is 66.0 cm³/mol. The van der Waals surface area contributed by atoms with Gasteiger partial charge in [0.25, 0.3) is 0 Å². The fourth-order valence-electron chi connectivity index (χ4n) is 1.40. The van der Waals surface area contributed by atoms with Crippen LogP contribution in [0.3, 0.4) is 0 Å². The van der Waals surface area contributed by atoms with E-state index in [0.717, 1.165) is 38.6 Å². The van der Waals surface area contributed by atoms with Crippen molar-refractivity contribution < 1.29 is 9.90 Å². The van der Waals surface area contributed by atoms with Crippen molar-refractivity contribution in [2.45, 2.75) is 45.4 Å². The lowest BCUT2D eigenvalue weighted by atomic mass is 10.1. The molecule has 0 spiro atoms. The number of amides is 1. The van der Waals surface area contributed by atoms with Crippen LogP contribution in [0.4, 0.5) is 0 Å². The molecule has 0 fully saturated rings. The molecule has 1 atom stereocenters. The Hall–Kier alpha value is -0.610. The molecule has 0 saturated carbocycles. The standard InChI is InChI=1S/C12H26N2O2/c1-11(10-13)6-7-12(16)14-8-4-2-3-5-9-15/h11,15H,2-10,13H2,1H3,(H,14,16). The van der Waals surface area contributed by atoms with E-state index < -0.39 is 0 Å². The third-order valence-corrected chi connectivity index (χ3v) is 2.67. The van der Waals surface area contributed by atoms with Crippen molar-refractivity contribution >= 4 is 5.91 Å². The third kappa shape index (κ3) is 9.93. The number of unbranched alkanes of at least 4 members (excludes halogenated alkanes) is 3. The zero-order valence-electron chi connectivity index (χ0n) is 10.4. The van der Waals surface area contributed by atoms with Gasteiger partial charge in [-0.3, -0.25) is 4.79 Å². The molecule has 1 amide bonds. The maximum Gasteiger partial charge on any atom is 0.220 e. The van der Waals surface area contributed by atoms with Crippen LogP contribution in [-0.2, 0) is 4.79 Å². The summed E-state index contributed by atoms with van der Waals surface area (Å²) in [7, 11) is 0. The van der Waals surface area contributed by atoms with Gasteiger partial charge in [0.1, 0.15) is 0 Å². The quantitative estimate of drug-likeness (QED) is 0.491. The summed E-state index contributed by atoms with van der Waals surface area (Å²) >= 11 is 0. The fraction of sp³-hybridized carbons (Fsp3) is 0.917. The van der Waals surface area contributed by atoms with Crippen molar-refractivity contribution in [3.8, 4) is 0 Å². The average molecular weight is 230 g/mol. The fourth-order valence-corrected chi connectivity index (χ4v) is 1.40. The summed E-state index contributed by atoms with van der Waals surface area (Å²) in [6, 6.07) is 0. The molecule has 0 heterocycles. The van der Waals surface area contributed by atoms with Gasteiger partial charge in [-0.2, -0.15) is 0 Å². The monoisotopic (exact) mass is 230 g/mol. The lowest BCUT2D eigenvalue weighted by molar-refractivity contribution is -0.121. The number of aliphatic hydroxyl groups excluding tert-OH is 1. The van der Waals surface area contributed by atoms with Crippen LogP contribution in [0.25, 0.3) is 0 Å². The number of carbonyl (C=O) groups excluding carboxylic acids is 1. The van der Waals surface area contributed by atoms with E-state index in [1.807, 2.05) is 0 Å². The van der Waals surface area contributed by atoms with Crippen LogP contribution in [0, 0.1) is 5.92 Å². The first-order valence-electron chi connectivity index (χ1n) is 6.28. The Bertz CT molecular complexity index is 174. The summed E-state index contributed by atoms with van der Waals surface area (Å²) in [6.07, 6.45) is 5.42. The van der Waals surface area contributed by atoms with Crippen LogP contribution >= 0.6 is 0 Å². The number of hydrogen-bond acceptors (Lipinski definition) is 3. The molecule has 0 rings (SSSR count). The van der Waals surface area contributed by atoms with Crippen molar-refractivity contribution in [2.75, 3.05) is 19.7 Å². The number of aliphatic hydroxyl groups is 1. The van der Waals surface area contributed by atoms with Crippen molar-refractivity contribution in [1.29, 1.82) is 0 Å². The molecular weight excluding hydrogens is 204 g/mol. The van der Waals surface area contributed by atoms with Gasteiger partial charge in [-0.1, -0.05) is 19.8 Å². The van der Waals surface area contributed by atoms with Gasteiger partial charge in [-0.15, -0.1) is 0 Å². The minimum atomic E-state index is 0.127. The van der Waals surface area contributed by atoms with Crippen LogP contribution in [0.1, 0.15) is 45.4 Å². The zero-order valence-corrected chi connectivity index (χ0v) is 10.4. The van der Waals surface area contributed by atoms with Crippen LogP contribution in [0.15, 0.2) is 0 Å². The summed E-state index contributed by atoms with van der Waals surface area (Å²) in [5, 5.41) is 11.5. The van der Waals surface area contributed by atoms with E-state index in [0.29, 0.717) is 18.9 Å². The van der Waals surface area contributed by atoms with Crippen molar-refractivity contribution in [3.05, 3.63) is 0 Å². The number of carbonyl (C=O) groups is 1. The number of rotatable bonds is 10. The molecule has 4 heteroatoms. The van der Waals surface area contributed by atoms with E-state index >= 15 is 0 Å². The normalized spacial score (nSPS) is 12.4. The van der Waals surface area contributed by atoms with E-state index in [-0.39, 0.29) is 12.5 Å². The maximum atomic E-state index is 11.4. The van der Waals surface area contributed by atoms with Gasteiger partial charge in [0.2, 0.25) is 5.91 Å². The summed E-state index contributed by atoms with van der Waals surface area (Å²) in [4.78, 5) is 11.4. The molecule has 0 aromatic heterocycles. The second kappa shape index (κ2) is 10.9. The van der Waals surface area contributed by atoms with Crippen molar-refractivity contribution in [1.82, 2.24) is 5.32 Å². The lowest BCUT2D eigenvalue weighted by Crippen LogP contribution is -2.25. The second-order valence-corrected chi connectivity index (χ2v) is 4.37. The topological polar surface area (TPSA) is 75.4 Å². The summed E-state index contributed by atoms with van der Waals surface area (Å²) < 4.78 is 0. The smallest absolute Gasteiger partial charge is 0.220 e. The van der Waals surface area contributed by atoms with Gasteiger partial charge in [0.05, 0.1) is 0 Å². The highest BCUT2D eigenvalue weighted by Gasteiger charge is 2.04. The zero-order chi connectivity index (χ0) is 12.2. The lowest BCUT2D eigenvalue weighted by Gasteiger charge is -2.08.